The van der Waals surface area contributed by atoms with Gasteiger partial charge in [-0.1, -0.05) is 43.5 Å². The van der Waals surface area contributed by atoms with Crippen molar-refractivity contribution in [1.29, 1.82) is 0 Å². The van der Waals surface area contributed by atoms with Crippen LogP contribution in [0, 0.1) is 19.8 Å². The molecule has 0 bridgehead atoms. The zero-order valence-electron chi connectivity index (χ0n) is 21.9. The predicted molar refractivity (Wildman–Crippen MR) is 149 cm³/mol. The fourth-order valence-electron chi connectivity index (χ4n) is 6.88. The molecule has 2 aliphatic heterocycles. The second-order valence-electron chi connectivity index (χ2n) is 11.2. The van der Waals surface area contributed by atoms with Gasteiger partial charge in [-0.3, -0.25) is 9.69 Å². The zero-order valence-corrected chi connectivity index (χ0v) is 21.9. The maximum Gasteiger partial charge on any atom is 0.230 e. The zero-order chi connectivity index (χ0) is 24.6. The molecule has 0 radical (unpaired) electrons. The number of aryl methyl sites for hydroxylation is 3. The van der Waals surface area contributed by atoms with Crippen LogP contribution in [0.3, 0.4) is 0 Å². The average Bonchev–Trinajstić information content (AvgIpc) is 3.22. The van der Waals surface area contributed by atoms with Crippen LogP contribution in [0.2, 0.25) is 0 Å². The van der Waals surface area contributed by atoms with E-state index in [9.17, 15) is 4.79 Å². The molecular formula is C31H40N4O. The van der Waals surface area contributed by atoms with Gasteiger partial charge in [0.15, 0.2) is 0 Å². The Morgan fingerprint density at radius 1 is 0.889 bits per heavy atom. The molecule has 1 amide bonds. The van der Waals surface area contributed by atoms with E-state index in [4.69, 9.17) is 0 Å². The molecular weight excluding hydrogens is 444 g/mol. The summed E-state index contributed by atoms with van der Waals surface area (Å²) >= 11 is 0. The molecule has 1 aromatic heterocycles. The smallest absolute Gasteiger partial charge is 0.230 e. The van der Waals surface area contributed by atoms with Crippen molar-refractivity contribution in [2.45, 2.75) is 64.8 Å². The second-order valence-corrected chi connectivity index (χ2v) is 11.2. The molecule has 0 spiro atoms. The molecule has 5 nitrogen and oxygen atoms in total. The second kappa shape index (κ2) is 9.93. The standard InChI is InChI=1S/C31H40N4O/c1-22-23(2)32-27-12-8-14-29(30(22)27)34-19-17-33(18-20-34)21-26-16-15-24-9-6-7-13-28(24)35(26)31(36)25-10-4-3-5-11-25/h6-9,12-14,25-26,32H,3-5,10-11,15-21H2,1-2H3. The van der Waals surface area contributed by atoms with E-state index in [1.165, 1.54) is 58.4 Å². The topological polar surface area (TPSA) is 42.6 Å². The van der Waals surface area contributed by atoms with Crippen LogP contribution in [0.15, 0.2) is 42.5 Å². The van der Waals surface area contributed by atoms with Gasteiger partial charge in [-0.15, -0.1) is 0 Å². The number of piperazine rings is 1. The van der Waals surface area contributed by atoms with Crippen molar-refractivity contribution >= 4 is 28.2 Å². The van der Waals surface area contributed by atoms with Crippen molar-refractivity contribution in [2.24, 2.45) is 5.92 Å². The number of amides is 1. The number of anilines is 2. The number of rotatable bonds is 4. The minimum atomic E-state index is 0.206. The van der Waals surface area contributed by atoms with Gasteiger partial charge in [-0.05, 0) is 68.9 Å². The number of nitrogens with zero attached hydrogens (tertiary/aromatic N) is 3. The Hall–Kier alpha value is -2.79. The molecule has 1 N–H and O–H groups in total. The highest BCUT2D eigenvalue weighted by Gasteiger charge is 2.36. The van der Waals surface area contributed by atoms with Gasteiger partial charge >= 0.3 is 0 Å². The monoisotopic (exact) mass is 484 g/mol. The minimum Gasteiger partial charge on any atom is -0.368 e. The van der Waals surface area contributed by atoms with E-state index in [1.54, 1.807) is 0 Å². The van der Waals surface area contributed by atoms with E-state index < -0.39 is 0 Å². The van der Waals surface area contributed by atoms with Gasteiger partial charge in [0, 0.05) is 72.7 Å². The summed E-state index contributed by atoms with van der Waals surface area (Å²) in [6, 6.07) is 15.5. The van der Waals surface area contributed by atoms with E-state index >= 15 is 0 Å². The fraction of sp³-hybridized carbons (Fsp3) is 0.516. The molecule has 1 unspecified atom stereocenters. The van der Waals surface area contributed by atoms with Crippen LogP contribution in [0.4, 0.5) is 11.4 Å². The van der Waals surface area contributed by atoms with Gasteiger partial charge in [0.25, 0.3) is 0 Å². The summed E-state index contributed by atoms with van der Waals surface area (Å²) in [5, 5.41) is 1.37. The predicted octanol–water partition coefficient (Wildman–Crippen LogP) is 5.84. The number of benzene rings is 2. The molecule has 1 saturated heterocycles. The summed E-state index contributed by atoms with van der Waals surface area (Å²) < 4.78 is 0. The van der Waals surface area contributed by atoms with Crippen LogP contribution in [0.25, 0.3) is 10.9 Å². The first kappa shape index (κ1) is 23.6. The highest BCUT2D eigenvalue weighted by Crippen LogP contribution is 2.36. The summed E-state index contributed by atoms with van der Waals surface area (Å²) in [4.78, 5) is 24.8. The molecule has 1 atom stereocenters. The molecule has 6 rings (SSSR count). The maximum absolute atomic E-state index is 13.9. The van der Waals surface area contributed by atoms with Crippen LogP contribution in [-0.4, -0.2) is 54.6 Å². The minimum absolute atomic E-state index is 0.206. The summed E-state index contributed by atoms with van der Waals surface area (Å²) in [6.45, 7) is 9.52. The van der Waals surface area contributed by atoms with E-state index in [0.29, 0.717) is 5.91 Å². The van der Waals surface area contributed by atoms with E-state index in [1.807, 2.05) is 0 Å². The molecule has 190 valence electrons. The Bertz CT molecular complexity index is 1230. The summed E-state index contributed by atoms with van der Waals surface area (Å²) in [5.41, 5.74) is 7.73. The quantitative estimate of drug-likeness (QED) is 0.506. The van der Waals surface area contributed by atoms with Gasteiger partial charge in [0.2, 0.25) is 5.91 Å². The largest absolute Gasteiger partial charge is 0.368 e. The first-order valence-electron chi connectivity index (χ1n) is 14.1. The Balaban J connectivity index is 1.18. The molecule has 3 heterocycles. The van der Waals surface area contributed by atoms with Gasteiger partial charge in [0.1, 0.15) is 0 Å². The number of aromatic amines is 1. The number of hydrogen-bond acceptors (Lipinski definition) is 3. The first-order valence-corrected chi connectivity index (χ1v) is 14.1. The molecule has 1 aliphatic carbocycles. The fourth-order valence-corrected chi connectivity index (χ4v) is 6.88. The highest BCUT2D eigenvalue weighted by atomic mass is 16.2. The van der Waals surface area contributed by atoms with Crippen molar-refractivity contribution in [2.75, 3.05) is 42.5 Å². The molecule has 2 aromatic carbocycles. The van der Waals surface area contributed by atoms with Crippen molar-refractivity contribution in [3.05, 3.63) is 59.3 Å². The number of carbonyl (C=O) groups excluding carboxylic acids is 1. The molecule has 1 saturated carbocycles. The Morgan fingerprint density at radius 3 is 2.44 bits per heavy atom. The molecule has 3 aliphatic rings. The van der Waals surface area contributed by atoms with Crippen molar-refractivity contribution in [3.8, 4) is 0 Å². The summed E-state index contributed by atoms with van der Waals surface area (Å²) in [6.07, 6.45) is 7.94. The third-order valence-electron chi connectivity index (χ3n) is 9.04. The van der Waals surface area contributed by atoms with E-state index in [-0.39, 0.29) is 12.0 Å². The highest BCUT2D eigenvalue weighted by molar-refractivity contribution is 5.97. The third kappa shape index (κ3) is 4.32. The number of nitrogens with one attached hydrogen (secondary N) is 1. The first-order chi connectivity index (χ1) is 17.6. The van der Waals surface area contributed by atoms with Crippen LogP contribution in [-0.2, 0) is 11.2 Å². The third-order valence-corrected chi connectivity index (χ3v) is 9.04. The average molecular weight is 485 g/mol. The molecule has 3 aromatic rings. The van der Waals surface area contributed by atoms with Crippen LogP contribution in [0.1, 0.15) is 55.3 Å². The maximum atomic E-state index is 13.9. The van der Waals surface area contributed by atoms with Crippen LogP contribution in [0.5, 0.6) is 0 Å². The molecule has 2 fully saturated rings. The van der Waals surface area contributed by atoms with Gasteiger partial charge in [0.05, 0.1) is 0 Å². The number of carbonyl (C=O) groups is 1. The number of para-hydroxylation sites is 1. The van der Waals surface area contributed by atoms with Gasteiger partial charge in [-0.2, -0.15) is 0 Å². The SMILES string of the molecule is Cc1[nH]c2cccc(N3CCN(CC4CCc5ccccc5N4C(=O)C4CCCCC4)CC3)c2c1C. The number of fused-ring (bicyclic) bond motifs is 2. The van der Waals surface area contributed by atoms with Crippen LogP contribution < -0.4 is 9.80 Å². The van der Waals surface area contributed by atoms with Crippen molar-refractivity contribution in [3.63, 3.8) is 0 Å². The number of H-pyrrole nitrogens is 1. The van der Waals surface area contributed by atoms with E-state index in [0.717, 1.165) is 58.4 Å². The Morgan fingerprint density at radius 2 is 1.64 bits per heavy atom. The summed E-state index contributed by atoms with van der Waals surface area (Å²) in [5.74, 6) is 0.591. The van der Waals surface area contributed by atoms with Gasteiger partial charge < -0.3 is 14.8 Å². The lowest BCUT2D eigenvalue weighted by atomic mass is 9.86. The molecule has 36 heavy (non-hydrogen) atoms. The van der Waals surface area contributed by atoms with Crippen molar-refractivity contribution < 1.29 is 4.79 Å². The lowest BCUT2D eigenvalue weighted by molar-refractivity contribution is -0.124. The van der Waals surface area contributed by atoms with Crippen molar-refractivity contribution in [1.82, 2.24) is 9.88 Å². The van der Waals surface area contributed by atoms with Crippen LogP contribution >= 0.6 is 0 Å². The van der Waals surface area contributed by atoms with E-state index in [2.05, 4.69) is 76.0 Å². The normalized spacial score (nSPS) is 21.7. The lowest BCUT2D eigenvalue weighted by Gasteiger charge is -2.44. The Labute approximate surface area is 215 Å². The lowest BCUT2D eigenvalue weighted by Crippen LogP contribution is -2.55. The summed E-state index contributed by atoms with van der Waals surface area (Å²) in [7, 11) is 0. The number of aromatic nitrogens is 1. The van der Waals surface area contributed by atoms with Gasteiger partial charge in [-0.25, -0.2) is 0 Å². The Kier molecular flexibility index (Phi) is 6.51. The molecule has 5 heteroatoms. The number of hydrogen-bond donors (Lipinski definition) is 1.